The molecule has 9 aromatic rings. The van der Waals surface area contributed by atoms with Gasteiger partial charge in [0.2, 0.25) is 10.6 Å². The number of aliphatic carboxylic acids is 1. The number of ether oxygens (including phenoxy) is 1. The minimum atomic E-state index is -4.25. The van der Waals surface area contributed by atoms with E-state index in [4.69, 9.17) is 49.6 Å². The van der Waals surface area contributed by atoms with Crippen molar-refractivity contribution in [2.45, 2.75) is 115 Å². The molecule has 8 heterocycles. The topological polar surface area (TPSA) is 171 Å². The third-order valence-electron chi connectivity index (χ3n) is 15.1. The second kappa shape index (κ2) is 24.4. The van der Waals surface area contributed by atoms with Gasteiger partial charge < -0.3 is 9.84 Å². The molecule has 2 fully saturated rings. The van der Waals surface area contributed by atoms with Gasteiger partial charge in [0, 0.05) is 60.1 Å². The molecule has 83 heavy (non-hydrogen) atoms. The Kier molecular flexibility index (Phi) is 18.2. The fourth-order valence-electron chi connectivity index (χ4n) is 10.7. The van der Waals surface area contributed by atoms with Crippen LogP contribution in [0, 0.1) is 6.92 Å². The number of piperidine rings is 2. The van der Waals surface area contributed by atoms with Crippen molar-refractivity contribution >= 4 is 111 Å². The van der Waals surface area contributed by atoms with E-state index in [2.05, 4.69) is 52.1 Å². The molecule has 3 atom stereocenters. The Morgan fingerprint density at radius 2 is 1.19 bits per heavy atom. The number of fused-ring (bicyclic) bond motifs is 4. The molecule has 0 saturated carbocycles. The van der Waals surface area contributed by atoms with E-state index in [1.54, 1.807) is 40.9 Å². The second-order valence-corrected chi connectivity index (χ2v) is 24.6. The summed E-state index contributed by atoms with van der Waals surface area (Å²) in [5.74, 6) is -0.963. The number of rotatable bonds is 9. The number of aromatic nitrogens is 11. The lowest BCUT2D eigenvalue weighted by molar-refractivity contribution is -0.181. The number of likely N-dealkylation sites (tertiary alicyclic amines) is 2. The van der Waals surface area contributed by atoms with E-state index in [0.29, 0.717) is 72.6 Å². The molecule has 0 spiro atoms. The number of benzene rings is 3. The first kappa shape index (κ1) is 61.9. The summed E-state index contributed by atoms with van der Waals surface area (Å²) in [6, 6.07) is 12.4. The molecule has 1 N–H and O–H groups in total. The number of alkyl halides is 6. The maximum absolute atomic E-state index is 13.4. The van der Waals surface area contributed by atoms with Crippen LogP contribution in [0.3, 0.4) is 0 Å². The van der Waals surface area contributed by atoms with Crippen molar-refractivity contribution < 1.29 is 41.0 Å². The minimum Gasteiger partial charge on any atom is -0.479 e. The van der Waals surface area contributed by atoms with Crippen LogP contribution in [0.4, 0.5) is 26.3 Å². The van der Waals surface area contributed by atoms with Crippen molar-refractivity contribution in [2.24, 2.45) is 21.1 Å². The molecule has 16 nitrogen and oxygen atoms in total. The monoisotopic (exact) mass is 1290 g/mol. The van der Waals surface area contributed by atoms with Crippen molar-refractivity contribution in [2.75, 3.05) is 26.2 Å². The first-order valence-corrected chi connectivity index (χ1v) is 29.3. The lowest BCUT2D eigenvalue weighted by Crippen LogP contribution is -2.47. The highest BCUT2D eigenvalue weighted by Crippen LogP contribution is 2.46. The van der Waals surface area contributed by atoms with Gasteiger partial charge in [0.1, 0.15) is 39.2 Å². The summed E-state index contributed by atoms with van der Waals surface area (Å²) >= 11 is 22.5. The fraction of sp³-hybridized carbons (Fsp3) is 0.446. The van der Waals surface area contributed by atoms with Crippen LogP contribution in [-0.4, -0.2) is 131 Å². The van der Waals surface area contributed by atoms with Gasteiger partial charge >= 0.3 is 18.3 Å². The molecule has 2 aliphatic heterocycles. The smallest absolute Gasteiger partial charge is 0.403 e. The summed E-state index contributed by atoms with van der Waals surface area (Å²) in [6.45, 7) is 11.3. The lowest BCUT2D eigenvalue weighted by Gasteiger charge is -2.36. The van der Waals surface area contributed by atoms with Gasteiger partial charge in [-0.05, 0) is 180 Å². The van der Waals surface area contributed by atoms with Gasteiger partial charge in [-0.15, -0.1) is 11.3 Å². The van der Waals surface area contributed by atoms with Crippen LogP contribution in [-0.2, 0) is 30.7 Å². The van der Waals surface area contributed by atoms with Gasteiger partial charge in [0.15, 0.2) is 10.7 Å². The third kappa shape index (κ3) is 13.6. The average molecular weight is 1290 g/mol. The molecule has 3 aromatic carbocycles. The first-order valence-electron chi connectivity index (χ1n) is 26.5. The number of carbonyl (C=O) groups is 1. The van der Waals surface area contributed by atoms with Crippen molar-refractivity contribution in [1.29, 1.82) is 0 Å². The Hall–Kier alpha value is -5.60. The summed E-state index contributed by atoms with van der Waals surface area (Å²) in [5.41, 5.74) is 9.42. The predicted octanol–water partition coefficient (Wildman–Crippen LogP) is 14.5. The molecule has 0 amide bonds. The molecule has 6 aromatic heterocycles. The molecule has 2 saturated heterocycles. The summed E-state index contributed by atoms with van der Waals surface area (Å²) in [4.78, 5) is 36.8. The maximum Gasteiger partial charge on any atom is 0.403 e. The van der Waals surface area contributed by atoms with Gasteiger partial charge in [-0.25, -0.2) is 29.7 Å². The van der Waals surface area contributed by atoms with Crippen LogP contribution >= 0.6 is 62.1 Å². The molecule has 442 valence electrons. The number of halogens is 10. The van der Waals surface area contributed by atoms with Crippen molar-refractivity contribution in [3.05, 3.63) is 104 Å². The van der Waals surface area contributed by atoms with Crippen LogP contribution < -0.4 is 0 Å². The summed E-state index contributed by atoms with van der Waals surface area (Å²) < 4.78 is 91.4. The van der Waals surface area contributed by atoms with Gasteiger partial charge in [0.25, 0.3) is 0 Å². The highest BCUT2D eigenvalue weighted by Gasteiger charge is 2.43. The van der Waals surface area contributed by atoms with Crippen LogP contribution in [0.2, 0.25) is 15.6 Å². The Balaban J connectivity index is 0.000000192. The number of thiazole rings is 1. The van der Waals surface area contributed by atoms with Gasteiger partial charge in [-0.1, -0.05) is 23.7 Å². The third-order valence-corrected chi connectivity index (χ3v) is 17.4. The molecular weight excluding hydrogens is 1240 g/mol. The van der Waals surface area contributed by atoms with Crippen LogP contribution in [0.15, 0.2) is 65.5 Å². The van der Waals surface area contributed by atoms with Crippen molar-refractivity contribution in [1.82, 2.24) is 64.1 Å². The van der Waals surface area contributed by atoms with E-state index < -0.39 is 42.1 Å². The highest BCUT2D eigenvalue weighted by atomic mass is 79.9. The zero-order valence-corrected chi connectivity index (χ0v) is 51.3. The maximum atomic E-state index is 13.4. The second-order valence-electron chi connectivity index (χ2n) is 21.8. The number of carboxylic acids is 1. The largest absolute Gasteiger partial charge is 0.479 e. The van der Waals surface area contributed by atoms with E-state index in [-0.39, 0.29) is 22.4 Å². The first-order chi connectivity index (χ1) is 39.0. The standard InChI is InChI=1S/C36H38ClF3N4O3S.C14H17ClF3N5.C6H4BrClN4/c1-19-17-26-32(29(21-7-10-24(37)11-8-21)28(19)31(34(45)46)47-35(3,4)5)48-33(41-26)23-9-12-27-25(18-23)30(42-43(27)6)22-13-15-44(16-14-22)20(2)36(38,39)40;1-8(14(16,17)18)23-5-3-9(4-6-23)11-12-10(22(2)21-11)7-19-13(15)20-12;1-12-3-2-9-6(8)10-4(3)5(7)11-12/h7-12,17-18,20,22,31H,13-16H2,1-6H3,(H,45,46);7-9H,3-6H2,1-2H3;2H,1H3/t20?,31-;;/m0../s1. The van der Waals surface area contributed by atoms with E-state index in [0.717, 1.165) is 76.3 Å². The quantitative estimate of drug-likeness (QED) is 0.107. The van der Waals surface area contributed by atoms with Crippen LogP contribution in [0.25, 0.3) is 64.9 Å². The van der Waals surface area contributed by atoms with Gasteiger partial charge in [-0.2, -0.15) is 41.6 Å². The molecule has 2 aliphatic rings. The molecule has 0 bridgehead atoms. The van der Waals surface area contributed by atoms with Gasteiger partial charge in [0.05, 0.1) is 45.1 Å². The Morgan fingerprint density at radius 3 is 1.73 bits per heavy atom. The molecular formula is C56H59BrCl3F6N13O3S. The highest BCUT2D eigenvalue weighted by molar-refractivity contribution is 9.10. The number of hydrogen-bond acceptors (Lipinski definition) is 13. The molecule has 11 rings (SSSR count). The van der Waals surface area contributed by atoms with E-state index in [1.165, 1.54) is 35.0 Å². The van der Waals surface area contributed by atoms with Gasteiger partial charge in [-0.3, -0.25) is 23.8 Å². The molecule has 0 aliphatic carbocycles. The van der Waals surface area contributed by atoms with Crippen LogP contribution in [0.1, 0.15) is 101 Å². The Morgan fingerprint density at radius 1 is 0.699 bits per heavy atom. The number of hydrogen-bond donors (Lipinski definition) is 1. The number of carboxylic acid groups (broad SMARTS) is 1. The zero-order valence-electron chi connectivity index (χ0n) is 46.6. The SMILES string of the molecule is CC(N1CCC(c2nn(C)c3cnc(Cl)nc23)CC1)C(F)(F)F.Cc1cc2nc(-c3ccc4c(c3)c(C3CCN(C(C)C(F)(F)F)CC3)nn4C)sc2c(-c2ccc(Cl)cc2)c1[C@H](OC(C)(C)C)C(=O)O.Cn1nc(Br)c2nc(Cl)ncc21. The predicted molar refractivity (Wildman–Crippen MR) is 314 cm³/mol. The normalized spacial score (nSPS) is 16.5. The number of aryl methyl sites for hydroxylation is 4. The Bertz CT molecular complexity index is 3830. The minimum absolute atomic E-state index is 0.0356. The average Bonchev–Trinajstić information content (AvgIpc) is 4.17. The molecule has 2 unspecified atom stereocenters. The summed E-state index contributed by atoms with van der Waals surface area (Å²) in [7, 11) is 5.50. The van der Waals surface area contributed by atoms with Crippen molar-refractivity contribution in [3.63, 3.8) is 0 Å². The summed E-state index contributed by atoms with van der Waals surface area (Å²) in [5, 5.41) is 26.5. The number of nitrogens with zero attached hydrogens (tertiary/aromatic N) is 13. The summed E-state index contributed by atoms with van der Waals surface area (Å²) in [6.07, 6.45) is -3.99. The molecule has 0 radical (unpaired) electrons. The van der Waals surface area contributed by atoms with E-state index >= 15 is 0 Å². The fourth-order valence-corrected chi connectivity index (χ4v) is 12.8. The van der Waals surface area contributed by atoms with E-state index in [9.17, 15) is 36.2 Å². The van der Waals surface area contributed by atoms with Crippen molar-refractivity contribution in [3.8, 4) is 21.7 Å². The Labute approximate surface area is 501 Å². The lowest BCUT2D eigenvalue weighted by atomic mass is 9.90. The van der Waals surface area contributed by atoms with E-state index in [1.807, 2.05) is 76.8 Å². The molecule has 27 heteroatoms. The van der Waals surface area contributed by atoms with Crippen LogP contribution in [0.5, 0.6) is 0 Å². The zero-order chi connectivity index (χ0) is 60.2.